The predicted molar refractivity (Wildman–Crippen MR) is 74.8 cm³/mol. The van der Waals surface area contributed by atoms with Crippen molar-refractivity contribution in [3.63, 3.8) is 0 Å². The van der Waals surface area contributed by atoms with Crippen LogP contribution in [0.2, 0.25) is 10.3 Å². The van der Waals surface area contributed by atoms with Crippen LogP contribution in [0.3, 0.4) is 0 Å². The highest BCUT2D eigenvalue weighted by Crippen LogP contribution is 2.23. The van der Waals surface area contributed by atoms with Crippen LogP contribution in [0.5, 0.6) is 0 Å². The summed E-state index contributed by atoms with van der Waals surface area (Å²) < 4.78 is 1.36. The van der Waals surface area contributed by atoms with E-state index in [0.717, 1.165) is 0 Å². The molecule has 0 aliphatic carbocycles. The highest BCUT2D eigenvalue weighted by atomic mass is 35.5. The topological polar surface area (TPSA) is 68.0 Å². The van der Waals surface area contributed by atoms with Gasteiger partial charge in [0.2, 0.25) is 0 Å². The SMILES string of the molecule is C[C@H](n1cnc2c(Cl)nc(Cl)cc2c1=O)C(C)(C)O. The molecule has 0 saturated carbocycles. The Kier molecular flexibility index (Phi) is 3.55. The van der Waals surface area contributed by atoms with E-state index in [1.165, 1.54) is 17.0 Å². The maximum Gasteiger partial charge on any atom is 0.261 e. The normalized spacial score (nSPS) is 13.8. The van der Waals surface area contributed by atoms with Gasteiger partial charge in [0.05, 0.1) is 23.4 Å². The van der Waals surface area contributed by atoms with E-state index >= 15 is 0 Å². The average Bonchev–Trinajstić information content (AvgIpc) is 2.28. The van der Waals surface area contributed by atoms with E-state index in [2.05, 4.69) is 9.97 Å². The molecule has 0 aliphatic heterocycles. The number of halogens is 2. The Bertz CT molecular complexity index is 692. The van der Waals surface area contributed by atoms with Crippen molar-refractivity contribution >= 4 is 34.1 Å². The molecule has 7 heteroatoms. The Labute approximate surface area is 119 Å². The lowest BCUT2D eigenvalue weighted by Crippen LogP contribution is -2.37. The van der Waals surface area contributed by atoms with Crippen LogP contribution in [-0.4, -0.2) is 25.2 Å². The van der Waals surface area contributed by atoms with E-state index in [0.29, 0.717) is 5.52 Å². The number of rotatable bonds is 2. The summed E-state index contributed by atoms with van der Waals surface area (Å²) in [5.41, 5.74) is -1.07. The van der Waals surface area contributed by atoms with E-state index in [1.54, 1.807) is 20.8 Å². The first-order chi connectivity index (χ1) is 8.71. The second-order valence-corrected chi connectivity index (χ2v) is 5.66. The van der Waals surface area contributed by atoms with Gasteiger partial charge < -0.3 is 5.11 Å². The van der Waals surface area contributed by atoms with Crippen molar-refractivity contribution in [1.29, 1.82) is 0 Å². The summed E-state index contributed by atoms with van der Waals surface area (Å²) in [4.78, 5) is 20.3. The van der Waals surface area contributed by atoms with Crippen LogP contribution in [0, 0.1) is 0 Å². The molecule has 0 radical (unpaired) electrons. The first kappa shape index (κ1) is 14.2. The zero-order valence-electron chi connectivity index (χ0n) is 10.7. The third kappa shape index (κ3) is 2.59. The molecule has 102 valence electrons. The van der Waals surface area contributed by atoms with Gasteiger partial charge in [-0.15, -0.1) is 0 Å². The molecule has 2 rings (SSSR count). The minimum atomic E-state index is -1.06. The van der Waals surface area contributed by atoms with Crippen LogP contribution in [0.1, 0.15) is 26.8 Å². The van der Waals surface area contributed by atoms with E-state index < -0.39 is 11.6 Å². The van der Waals surface area contributed by atoms with Gasteiger partial charge in [-0.3, -0.25) is 9.36 Å². The average molecular weight is 302 g/mol. The largest absolute Gasteiger partial charge is 0.388 e. The molecule has 0 saturated heterocycles. The second kappa shape index (κ2) is 4.74. The molecule has 1 N–H and O–H groups in total. The number of nitrogens with zero attached hydrogens (tertiary/aromatic N) is 3. The maximum absolute atomic E-state index is 12.4. The molecule has 0 unspecified atom stereocenters. The molecule has 0 spiro atoms. The van der Waals surface area contributed by atoms with Gasteiger partial charge in [0, 0.05) is 0 Å². The highest BCUT2D eigenvalue weighted by Gasteiger charge is 2.25. The predicted octanol–water partition coefficient (Wildman–Crippen LogP) is 2.43. The Morgan fingerprint density at radius 3 is 2.63 bits per heavy atom. The van der Waals surface area contributed by atoms with Crippen molar-refractivity contribution in [2.24, 2.45) is 0 Å². The lowest BCUT2D eigenvalue weighted by Gasteiger charge is -2.27. The lowest BCUT2D eigenvalue weighted by atomic mass is 10.0. The van der Waals surface area contributed by atoms with Crippen molar-refractivity contribution < 1.29 is 5.11 Å². The molecule has 2 aromatic heterocycles. The van der Waals surface area contributed by atoms with Gasteiger partial charge in [-0.25, -0.2) is 9.97 Å². The van der Waals surface area contributed by atoms with Crippen LogP contribution >= 0.6 is 23.2 Å². The van der Waals surface area contributed by atoms with Crippen LogP contribution in [0.25, 0.3) is 10.9 Å². The first-order valence-corrected chi connectivity index (χ1v) is 6.42. The Balaban J connectivity index is 2.75. The van der Waals surface area contributed by atoms with Crippen molar-refractivity contribution in [1.82, 2.24) is 14.5 Å². The minimum Gasteiger partial charge on any atom is -0.388 e. The summed E-state index contributed by atoms with van der Waals surface area (Å²) in [6.45, 7) is 4.99. The van der Waals surface area contributed by atoms with Crippen LogP contribution < -0.4 is 5.56 Å². The summed E-state index contributed by atoms with van der Waals surface area (Å²) >= 11 is 11.7. The fraction of sp³-hybridized carbons (Fsp3) is 0.417. The van der Waals surface area contributed by atoms with Gasteiger partial charge in [0.15, 0.2) is 5.15 Å². The zero-order valence-corrected chi connectivity index (χ0v) is 12.2. The lowest BCUT2D eigenvalue weighted by molar-refractivity contribution is 0.0290. The van der Waals surface area contributed by atoms with Gasteiger partial charge in [-0.1, -0.05) is 23.2 Å². The first-order valence-electron chi connectivity index (χ1n) is 5.67. The second-order valence-electron chi connectivity index (χ2n) is 4.92. The fourth-order valence-electron chi connectivity index (χ4n) is 1.69. The standard InChI is InChI=1S/C12H13Cl2N3O2/c1-6(12(2,3)19)17-5-15-9-7(11(17)18)4-8(13)16-10(9)14/h4-6,19H,1-3H3/t6-/m0/s1. The monoisotopic (exact) mass is 301 g/mol. The summed E-state index contributed by atoms with van der Waals surface area (Å²) in [6.07, 6.45) is 1.36. The van der Waals surface area contributed by atoms with Crippen LogP contribution in [-0.2, 0) is 0 Å². The third-order valence-corrected chi connectivity index (χ3v) is 3.59. The van der Waals surface area contributed by atoms with E-state index in [9.17, 15) is 9.90 Å². The molecule has 0 bridgehead atoms. The number of fused-ring (bicyclic) bond motifs is 1. The molecular formula is C12H13Cl2N3O2. The van der Waals surface area contributed by atoms with Crippen LogP contribution in [0.4, 0.5) is 0 Å². The van der Waals surface area contributed by atoms with Gasteiger partial charge in [0.1, 0.15) is 10.7 Å². The van der Waals surface area contributed by atoms with Crippen molar-refractivity contribution in [3.8, 4) is 0 Å². The molecule has 2 heterocycles. The quantitative estimate of drug-likeness (QED) is 0.865. The molecular weight excluding hydrogens is 289 g/mol. The van der Waals surface area contributed by atoms with Gasteiger partial charge in [0.25, 0.3) is 5.56 Å². The molecule has 19 heavy (non-hydrogen) atoms. The van der Waals surface area contributed by atoms with Crippen molar-refractivity contribution in [2.75, 3.05) is 0 Å². The van der Waals surface area contributed by atoms with Gasteiger partial charge in [-0.2, -0.15) is 0 Å². The maximum atomic E-state index is 12.4. The Morgan fingerprint density at radius 1 is 1.42 bits per heavy atom. The summed E-state index contributed by atoms with van der Waals surface area (Å²) in [7, 11) is 0. The number of hydrogen-bond donors (Lipinski definition) is 1. The Morgan fingerprint density at radius 2 is 2.05 bits per heavy atom. The molecule has 0 fully saturated rings. The molecule has 2 aromatic rings. The fourth-order valence-corrected chi connectivity index (χ4v) is 2.17. The van der Waals surface area contributed by atoms with Gasteiger partial charge in [-0.05, 0) is 26.8 Å². The smallest absolute Gasteiger partial charge is 0.261 e. The number of hydrogen-bond acceptors (Lipinski definition) is 4. The van der Waals surface area contributed by atoms with E-state index in [-0.39, 0.29) is 21.3 Å². The third-order valence-electron chi connectivity index (χ3n) is 3.13. The number of aromatic nitrogens is 3. The number of aliphatic hydroxyl groups is 1. The zero-order chi connectivity index (χ0) is 14.4. The van der Waals surface area contributed by atoms with Crippen LogP contribution in [0.15, 0.2) is 17.2 Å². The summed E-state index contributed by atoms with van der Waals surface area (Å²) in [5.74, 6) is 0. The summed E-state index contributed by atoms with van der Waals surface area (Å²) in [6, 6.07) is 0.980. The number of pyridine rings is 1. The molecule has 0 aromatic carbocycles. The molecule has 0 amide bonds. The van der Waals surface area contributed by atoms with Crippen molar-refractivity contribution in [2.45, 2.75) is 32.4 Å². The molecule has 5 nitrogen and oxygen atoms in total. The van der Waals surface area contributed by atoms with Crippen molar-refractivity contribution in [3.05, 3.63) is 33.1 Å². The van der Waals surface area contributed by atoms with Gasteiger partial charge >= 0.3 is 0 Å². The van der Waals surface area contributed by atoms with E-state index in [4.69, 9.17) is 23.2 Å². The summed E-state index contributed by atoms with van der Waals surface area (Å²) in [5, 5.41) is 10.5. The minimum absolute atomic E-state index is 0.0858. The molecule has 0 aliphatic rings. The van der Waals surface area contributed by atoms with E-state index in [1.807, 2.05) is 0 Å². The highest BCUT2D eigenvalue weighted by molar-refractivity contribution is 6.36. The Hall–Kier alpha value is -1.17. The molecule has 1 atom stereocenters.